The quantitative estimate of drug-likeness (QED) is 0.857. The second kappa shape index (κ2) is 3.81. The number of rotatable bonds is 1. The summed E-state index contributed by atoms with van der Waals surface area (Å²) in [5, 5.41) is 10.8. The first-order chi connectivity index (χ1) is 7.13. The van der Waals surface area contributed by atoms with Gasteiger partial charge in [0.1, 0.15) is 5.75 Å². The predicted octanol–water partition coefficient (Wildman–Crippen LogP) is 3.39. The number of hydrogen-bond donors (Lipinski definition) is 1. The van der Waals surface area contributed by atoms with E-state index >= 15 is 0 Å². The summed E-state index contributed by atoms with van der Waals surface area (Å²) in [5.74, 6) is 0.291. The van der Waals surface area contributed by atoms with Crippen LogP contribution >= 0.6 is 15.9 Å². The van der Waals surface area contributed by atoms with Gasteiger partial charge < -0.3 is 5.11 Å². The molecule has 2 nitrogen and oxygen atoms in total. The third-order valence-electron chi connectivity index (χ3n) is 2.44. The summed E-state index contributed by atoms with van der Waals surface area (Å²) in [6.45, 7) is 5.73. The predicted molar refractivity (Wildman–Crippen MR) is 64.9 cm³/mol. The molecular formula is C12H11BrNO. The van der Waals surface area contributed by atoms with Gasteiger partial charge in [0.25, 0.3) is 0 Å². The third-order valence-corrected chi connectivity index (χ3v) is 2.90. The summed E-state index contributed by atoms with van der Waals surface area (Å²) in [4.78, 5) is 4.33. The minimum Gasteiger partial charge on any atom is -0.507 e. The SMILES string of the molecule is [CH2]Cc1cnc2c(C)cc(Br)cc2c1O. The maximum Gasteiger partial charge on any atom is 0.129 e. The first-order valence-corrected chi connectivity index (χ1v) is 5.48. The van der Waals surface area contributed by atoms with Crippen molar-refractivity contribution >= 4 is 26.8 Å². The molecule has 1 heterocycles. The van der Waals surface area contributed by atoms with E-state index in [4.69, 9.17) is 0 Å². The van der Waals surface area contributed by atoms with E-state index in [-0.39, 0.29) is 0 Å². The van der Waals surface area contributed by atoms with Crippen molar-refractivity contribution in [1.82, 2.24) is 4.98 Å². The monoisotopic (exact) mass is 264 g/mol. The highest BCUT2D eigenvalue weighted by Gasteiger charge is 2.08. The topological polar surface area (TPSA) is 33.1 Å². The summed E-state index contributed by atoms with van der Waals surface area (Å²) < 4.78 is 0.950. The van der Waals surface area contributed by atoms with Gasteiger partial charge >= 0.3 is 0 Å². The minimum atomic E-state index is 0.291. The van der Waals surface area contributed by atoms with Crippen molar-refractivity contribution in [3.05, 3.63) is 40.9 Å². The lowest BCUT2D eigenvalue weighted by atomic mass is 10.1. The summed E-state index contributed by atoms with van der Waals surface area (Å²) >= 11 is 3.41. The van der Waals surface area contributed by atoms with E-state index in [1.54, 1.807) is 6.20 Å². The average molecular weight is 265 g/mol. The second-order valence-corrected chi connectivity index (χ2v) is 4.42. The van der Waals surface area contributed by atoms with Gasteiger partial charge in [0.2, 0.25) is 0 Å². The van der Waals surface area contributed by atoms with Crippen LogP contribution in [0.5, 0.6) is 5.75 Å². The van der Waals surface area contributed by atoms with E-state index in [1.165, 1.54) is 0 Å². The van der Waals surface area contributed by atoms with E-state index in [0.29, 0.717) is 12.2 Å². The molecule has 0 atom stereocenters. The summed E-state index contributed by atoms with van der Waals surface area (Å²) in [6, 6.07) is 3.86. The van der Waals surface area contributed by atoms with E-state index in [1.807, 2.05) is 19.1 Å². The Morgan fingerprint density at radius 3 is 2.87 bits per heavy atom. The molecule has 0 fully saturated rings. The van der Waals surface area contributed by atoms with Crippen molar-refractivity contribution in [1.29, 1.82) is 0 Å². The second-order valence-electron chi connectivity index (χ2n) is 3.50. The van der Waals surface area contributed by atoms with E-state index in [2.05, 4.69) is 27.8 Å². The van der Waals surface area contributed by atoms with Crippen molar-refractivity contribution in [3.63, 3.8) is 0 Å². The number of aromatic hydroxyl groups is 1. The fourth-order valence-electron chi connectivity index (χ4n) is 1.65. The molecule has 0 aliphatic rings. The molecule has 1 aromatic carbocycles. The Morgan fingerprint density at radius 1 is 1.47 bits per heavy atom. The van der Waals surface area contributed by atoms with Gasteiger partial charge in [-0.05, 0) is 38.0 Å². The highest BCUT2D eigenvalue weighted by atomic mass is 79.9. The van der Waals surface area contributed by atoms with Crippen LogP contribution in [0.15, 0.2) is 22.8 Å². The molecule has 0 aliphatic heterocycles. The lowest BCUT2D eigenvalue weighted by Gasteiger charge is -2.07. The van der Waals surface area contributed by atoms with Gasteiger partial charge in [0, 0.05) is 21.6 Å². The molecule has 0 saturated carbocycles. The molecule has 0 unspecified atom stereocenters. The molecule has 0 amide bonds. The smallest absolute Gasteiger partial charge is 0.129 e. The van der Waals surface area contributed by atoms with Crippen LogP contribution in [0.3, 0.4) is 0 Å². The summed E-state index contributed by atoms with van der Waals surface area (Å²) in [6.07, 6.45) is 2.23. The molecule has 1 aromatic heterocycles. The molecule has 1 N–H and O–H groups in total. The molecular weight excluding hydrogens is 254 g/mol. The van der Waals surface area contributed by atoms with Gasteiger partial charge in [-0.15, -0.1) is 0 Å². The highest BCUT2D eigenvalue weighted by molar-refractivity contribution is 9.10. The van der Waals surface area contributed by atoms with Crippen LogP contribution in [0.1, 0.15) is 11.1 Å². The Morgan fingerprint density at radius 2 is 2.20 bits per heavy atom. The Labute approximate surface area is 97.1 Å². The third kappa shape index (κ3) is 1.72. The standard InChI is InChI=1S/C12H11BrNO/c1-3-8-6-14-11-7(2)4-9(13)5-10(11)12(8)15/h4-6H,1,3H2,2H3,(H,14,15). The van der Waals surface area contributed by atoms with Crippen LogP contribution in [-0.2, 0) is 6.42 Å². The van der Waals surface area contributed by atoms with Crippen LogP contribution in [0.25, 0.3) is 10.9 Å². The highest BCUT2D eigenvalue weighted by Crippen LogP contribution is 2.31. The van der Waals surface area contributed by atoms with Gasteiger partial charge in [-0.25, -0.2) is 0 Å². The zero-order chi connectivity index (χ0) is 11.0. The van der Waals surface area contributed by atoms with Crippen molar-refractivity contribution < 1.29 is 5.11 Å². The van der Waals surface area contributed by atoms with E-state index in [9.17, 15) is 5.11 Å². The van der Waals surface area contributed by atoms with Crippen LogP contribution in [-0.4, -0.2) is 10.1 Å². The Hall–Kier alpha value is -1.09. The number of pyridine rings is 1. The van der Waals surface area contributed by atoms with Crippen molar-refractivity contribution in [2.45, 2.75) is 13.3 Å². The van der Waals surface area contributed by atoms with Crippen LogP contribution in [0.4, 0.5) is 0 Å². The van der Waals surface area contributed by atoms with Crippen LogP contribution in [0, 0.1) is 13.8 Å². The van der Waals surface area contributed by atoms with Gasteiger partial charge in [0.05, 0.1) is 5.52 Å². The fourth-order valence-corrected chi connectivity index (χ4v) is 2.22. The normalized spacial score (nSPS) is 10.9. The van der Waals surface area contributed by atoms with Crippen molar-refractivity contribution in [2.75, 3.05) is 0 Å². The number of aryl methyl sites for hydroxylation is 1. The molecule has 15 heavy (non-hydrogen) atoms. The van der Waals surface area contributed by atoms with E-state index in [0.717, 1.165) is 26.5 Å². The molecule has 3 heteroatoms. The van der Waals surface area contributed by atoms with Gasteiger partial charge in [-0.3, -0.25) is 4.98 Å². The Balaban J connectivity index is 2.86. The van der Waals surface area contributed by atoms with Gasteiger partial charge in [0.15, 0.2) is 0 Å². The first-order valence-electron chi connectivity index (χ1n) is 4.69. The minimum absolute atomic E-state index is 0.291. The number of fused-ring (bicyclic) bond motifs is 1. The maximum atomic E-state index is 10.00. The zero-order valence-corrected chi connectivity index (χ0v) is 10.0. The fraction of sp³-hybridized carbons (Fsp3) is 0.167. The molecule has 0 aliphatic carbocycles. The molecule has 2 aromatic rings. The van der Waals surface area contributed by atoms with Crippen molar-refractivity contribution in [2.24, 2.45) is 0 Å². The van der Waals surface area contributed by atoms with Gasteiger partial charge in [-0.1, -0.05) is 15.9 Å². The molecule has 2 rings (SSSR count). The van der Waals surface area contributed by atoms with Crippen LogP contribution < -0.4 is 0 Å². The molecule has 0 spiro atoms. The Kier molecular flexibility index (Phi) is 2.65. The van der Waals surface area contributed by atoms with E-state index < -0.39 is 0 Å². The Bertz CT molecular complexity index is 523. The lowest BCUT2D eigenvalue weighted by molar-refractivity contribution is 0.475. The molecule has 0 saturated heterocycles. The average Bonchev–Trinajstić information content (AvgIpc) is 2.19. The number of nitrogens with zero attached hydrogens (tertiary/aromatic N) is 1. The first kappa shape index (κ1) is 10.4. The maximum absolute atomic E-state index is 10.00. The molecule has 0 bridgehead atoms. The lowest BCUT2D eigenvalue weighted by Crippen LogP contribution is -1.89. The summed E-state index contributed by atoms with van der Waals surface area (Å²) in [7, 11) is 0. The van der Waals surface area contributed by atoms with Gasteiger partial charge in [-0.2, -0.15) is 0 Å². The van der Waals surface area contributed by atoms with Crippen LogP contribution in [0.2, 0.25) is 0 Å². The largest absolute Gasteiger partial charge is 0.507 e. The summed E-state index contributed by atoms with van der Waals surface area (Å²) in [5.41, 5.74) is 2.66. The number of aromatic nitrogens is 1. The molecule has 1 radical (unpaired) electrons. The van der Waals surface area contributed by atoms with Crippen molar-refractivity contribution in [3.8, 4) is 5.75 Å². The molecule has 77 valence electrons. The number of benzene rings is 1. The number of hydrogen-bond acceptors (Lipinski definition) is 2. The number of halogens is 1. The zero-order valence-electron chi connectivity index (χ0n) is 8.42.